The van der Waals surface area contributed by atoms with Crippen LogP contribution >= 0.6 is 11.6 Å². The maximum Gasteiger partial charge on any atom is 0.257 e. The van der Waals surface area contributed by atoms with E-state index < -0.39 is 0 Å². The van der Waals surface area contributed by atoms with Gasteiger partial charge in [-0.2, -0.15) is 5.10 Å². The van der Waals surface area contributed by atoms with Crippen LogP contribution in [0.3, 0.4) is 0 Å². The van der Waals surface area contributed by atoms with Gasteiger partial charge in [-0.05, 0) is 32.4 Å². The zero-order chi connectivity index (χ0) is 17.3. The van der Waals surface area contributed by atoms with Crippen molar-refractivity contribution >= 4 is 17.5 Å². The SMILES string of the molecule is CC(C)(C)n1cc(C(=O)N2CCNCC2c2ccccc2Cl)cn1. The molecule has 3 rings (SSSR count). The third kappa shape index (κ3) is 3.32. The van der Waals surface area contributed by atoms with Gasteiger partial charge >= 0.3 is 0 Å². The fraction of sp³-hybridized carbons (Fsp3) is 0.444. The zero-order valence-corrected chi connectivity index (χ0v) is 15.0. The van der Waals surface area contributed by atoms with E-state index in [0.717, 1.165) is 12.1 Å². The van der Waals surface area contributed by atoms with E-state index in [2.05, 4.69) is 31.2 Å². The molecule has 6 heteroatoms. The number of carbonyl (C=O) groups is 1. The second-order valence-electron chi connectivity index (χ2n) is 7.08. The molecule has 1 amide bonds. The first kappa shape index (κ1) is 17.0. The molecule has 0 saturated carbocycles. The molecule has 5 nitrogen and oxygen atoms in total. The van der Waals surface area contributed by atoms with Crippen LogP contribution in [0.15, 0.2) is 36.7 Å². The molecule has 1 atom stereocenters. The number of piperazine rings is 1. The lowest BCUT2D eigenvalue weighted by Gasteiger charge is -2.36. The van der Waals surface area contributed by atoms with Crippen LogP contribution < -0.4 is 5.32 Å². The second kappa shape index (κ2) is 6.57. The smallest absolute Gasteiger partial charge is 0.257 e. The molecule has 1 aliphatic rings. The van der Waals surface area contributed by atoms with Crippen molar-refractivity contribution in [3.8, 4) is 0 Å². The first-order valence-corrected chi connectivity index (χ1v) is 8.57. The summed E-state index contributed by atoms with van der Waals surface area (Å²) in [7, 11) is 0. The molecule has 1 aromatic heterocycles. The largest absolute Gasteiger partial charge is 0.329 e. The number of amides is 1. The quantitative estimate of drug-likeness (QED) is 0.909. The molecule has 0 aliphatic carbocycles. The van der Waals surface area contributed by atoms with E-state index in [1.807, 2.05) is 40.0 Å². The lowest BCUT2D eigenvalue weighted by Crippen LogP contribution is -2.48. The topological polar surface area (TPSA) is 50.2 Å². The molecule has 1 saturated heterocycles. The molecule has 1 unspecified atom stereocenters. The number of nitrogens with one attached hydrogen (secondary N) is 1. The van der Waals surface area contributed by atoms with Gasteiger partial charge in [0.2, 0.25) is 0 Å². The summed E-state index contributed by atoms with van der Waals surface area (Å²) in [4.78, 5) is 14.9. The number of hydrogen-bond donors (Lipinski definition) is 1. The Morgan fingerprint density at radius 3 is 2.75 bits per heavy atom. The third-order valence-electron chi connectivity index (χ3n) is 4.29. The van der Waals surface area contributed by atoms with Gasteiger partial charge in [-0.1, -0.05) is 29.8 Å². The molecule has 0 radical (unpaired) electrons. The molecule has 1 N–H and O–H groups in total. The summed E-state index contributed by atoms with van der Waals surface area (Å²) in [5, 5.41) is 8.39. The number of carbonyl (C=O) groups excluding carboxylic acids is 1. The van der Waals surface area contributed by atoms with Gasteiger partial charge in [-0.3, -0.25) is 9.48 Å². The molecule has 2 heterocycles. The highest BCUT2D eigenvalue weighted by Crippen LogP contribution is 2.29. The van der Waals surface area contributed by atoms with Crippen molar-refractivity contribution in [2.45, 2.75) is 32.4 Å². The Bertz CT molecular complexity index is 735. The summed E-state index contributed by atoms with van der Waals surface area (Å²) >= 11 is 6.36. The Hall–Kier alpha value is -1.85. The van der Waals surface area contributed by atoms with E-state index in [1.54, 1.807) is 6.20 Å². The molecule has 128 valence electrons. The fourth-order valence-corrected chi connectivity index (χ4v) is 3.20. The Labute approximate surface area is 147 Å². The van der Waals surface area contributed by atoms with Crippen molar-refractivity contribution in [2.75, 3.05) is 19.6 Å². The summed E-state index contributed by atoms with van der Waals surface area (Å²) in [5.41, 5.74) is 1.44. The number of aromatic nitrogens is 2. The van der Waals surface area contributed by atoms with Crippen molar-refractivity contribution in [1.29, 1.82) is 0 Å². The highest BCUT2D eigenvalue weighted by Gasteiger charge is 2.30. The number of rotatable bonds is 2. The fourth-order valence-electron chi connectivity index (χ4n) is 2.94. The van der Waals surface area contributed by atoms with Gasteiger partial charge in [0.05, 0.1) is 23.3 Å². The van der Waals surface area contributed by atoms with Gasteiger partial charge < -0.3 is 10.2 Å². The molecular formula is C18H23ClN4O. The van der Waals surface area contributed by atoms with Gasteiger partial charge in [-0.15, -0.1) is 0 Å². The number of hydrogen-bond acceptors (Lipinski definition) is 3. The van der Waals surface area contributed by atoms with Crippen LogP contribution in [-0.4, -0.2) is 40.2 Å². The van der Waals surface area contributed by atoms with Crippen molar-refractivity contribution in [2.24, 2.45) is 0 Å². The number of nitrogens with zero attached hydrogens (tertiary/aromatic N) is 3. The minimum atomic E-state index is -0.149. The summed E-state index contributed by atoms with van der Waals surface area (Å²) in [6.07, 6.45) is 3.48. The summed E-state index contributed by atoms with van der Waals surface area (Å²) in [5.74, 6) is -0.00285. The van der Waals surface area contributed by atoms with Crippen LogP contribution in [0, 0.1) is 0 Å². The van der Waals surface area contributed by atoms with E-state index in [4.69, 9.17) is 11.6 Å². The number of halogens is 1. The Morgan fingerprint density at radius 2 is 2.08 bits per heavy atom. The minimum absolute atomic E-state index is 0.00285. The molecule has 1 fully saturated rings. The first-order chi connectivity index (χ1) is 11.4. The van der Waals surface area contributed by atoms with Crippen LogP contribution in [0.4, 0.5) is 0 Å². The Kier molecular flexibility index (Phi) is 4.65. The van der Waals surface area contributed by atoms with Gasteiger partial charge in [0.15, 0.2) is 0 Å². The summed E-state index contributed by atoms with van der Waals surface area (Å²) in [6, 6.07) is 7.64. The zero-order valence-electron chi connectivity index (χ0n) is 14.3. The summed E-state index contributed by atoms with van der Waals surface area (Å²) in [6.45, 7) is 8.31. The monoisotopic (exact) mass is 346 g/mol. The van der Waals surface area contributed by atoms with E-state index in [0.29, 0.717) is 23.7 Å². The lowest BCUT2D eigenvalue weighted by atomic mass is 10.0. The van der Waals surface area contributed by atoms with Crippen LogP contribution in [0.2, 0.25) is 5.02 Å². The molecule has 0 bridgehead atoms. The van der Waals surface area contributed by atoms with Gasteiger partial charge in [0.25, 0.3) is 5.91 Å². The predicted molar refractivity (Wildman–Crippen MR) is 95.3 cm³/mol. The van der Waals surface area contributed by atoms with Crippen LogP contribution in [-0.2, 0) is 5.54 Å². The molecule has 1 aromatic carbocycles. The van der Waals surface area contributed by atoms with E-state index in [1.165, 1.54) is 0 Å². The maximum atomic E-state index is 13.0. The van der Waals surface area contributed by atoms with E-state index in [-0.39, 0.29) is 17.5 Å². The lowest BCUT2D eigenvalue weighted by molar-refractivity contribution is 0.0634. The normalized spacial score (nSPS) is 18.7. The Morgan fingerprint density at radius 1 is 1.33 bits per heavy atom. The molecule has 24 heavy (non-hydrogen) atoms. The highest BCUT2D eigenvalue weighted by molar-refractivity contribution is 6.31. The molecule has 2 aromatic rings. The van der Waals surface area contributed by atoms with Crippen LogP contribution in [0.1, 0.15) is 42.7 Å². The van der Waals surface area contributed by atoms with Gasteiger partial charge in [0.1, 0.15) is 0 Å². The average Bonchev–Trinajstić information content (AvgIpc) is 3.05. The number of benzene rings is 1. The van der Waals surface area contributed by atoms with Crippen molar-refractivity contribution < 1.29 is 4.79 Å². The minimum Gasteiger partial charge on any atom is -0.329 e. The van der Waals surface area contributed by atoms with Gasteiger partial charge in [0, 0.05) is 30.9 Å². The van der Waals surface area contributed by atoms with Crippen LogP contribution in [0.5, 0.6) is 0 Å². The molecule has 0 spiro atoms. The van der Waals surface area contributed by atoms with E-state index in [9.17, 15) is 4.79 Å². The van der Waals surface area contributed by atoms with Crippen LogP contribution in [0.25, 0.3) is 0 Å². The van der Waals surface area contributed by atoms with Crippen molar-refractivity contribution in [3.63, 3.8) is 0 Å². The average molecular weight is 347 g/mol. The maximum absolute atomic E-state index is 13.0. The second-order valence-corrected chi connectivity index (χ2v) is 7.49. The summed E-state index contributed by atoms with van der Waals surface area (Å²) < 4.78 is 1.83. The van der Waals surface area contributed by atoms with Crippen molar-refractivity contribution in [3.05, 3.63) is 52.8 Å². The third-order valence-corrected chi connectivity index (χ3v) is 4.63. The molecular weight excluding hydrogens is 324 g/mol. The van der Waals surface area contributed by atoms with Crippen molar-refractivity contribution in [1.82, 2.24) is 20.0 Å². The van der Waals surface area contributed by atoms with Gasteiger partial charge in [-0.25, -0.2) is 0 Å². The standard InChI is InChI=1S/C18H23ClN4O/c1-18(2,3)23-12-13(10-21-23)17(24)22-9-8-20-11-16(22)14-6-4-5-7-15(14)19/h4-7,10,12,16,20H,8-9,11H2,1-3H3. The predicted octanol–water partition coefficient (Wildman–Crippen LogP) is 3.08. The van der Waals surface area contributed by atoms with E-state index >= 15 is 0 Å². The highest BCUT2D eigenvalue weighted by atomic mass is 35.5. The Balaban J connectivity index is 1.89. The molecule has 1 aliphatic heterocycles. The first-order valence-electron chi connectivity index (χ1n) is 8.19.